The van der Waals surface area contributed by atoms with Crippen molar-refractivity contribution in [2.24, 2.45) is 0 Å². The average molecular weight is 267 g/mol. The van der Waals surface area contributed by atoms with E-state index in [0.29, 0.717) is 12.1 Å². The van der Waals surface area contributed by atoms with Crippen LogP contribution in [0.3, 0.4) is 0 Å². The van der Waals surface area contributed by atoms with E-state index in [0.717, 1.165) is 25.3 Å². The van der Waals surface area contributed by atoms with E-state index in [1.165, 1.54) is 0 Å². The van der Waals surface area contributed by atoms with Crippen LogP contribution in [0.1, 0.15) is 40.3 Å². The SMILES string of the molecule is CC(C)NCc1coc(N2CC(C)OC(C)(C)C2)n1. The fourth-order valence-electron chi connectivity index (χ4n) is 2.43. The Bertz CT molecular complexity index is 415. The minimum atomic E-state index is -0.164. The summed E-state index contributed by atoms with van der Waals surface area (Å²) in [7, 11) is 0. The molecular weight excluding hydrogens is 242 g/mol. The summed E-state index contributed by atoms with van der Waals surface area (Å²) >= 11 is 0. The molecule has 1 N–H and O–H groups in total. The van der Waals surface area contributed by atoms with E-state index in [9.17, 15) is 0 Å². The first-order valence-corrected chi connectivity index (χ1v) is 6.96. The lowest BCUT2D eigenvalue weighted by molar-refractivity contribution is -0.0761. The van der Waals surface area contributed by atoms with Gasteiger partial charge in [-0.25, -0.2) is 0 Å². The van der Waals surface area contributed by atoms with Gasteiger partial charge in [-0.15, -0.1) is 0 Å². The highest BCUT2D eigenvalue weighted by Gasteiger charge is 2.33. The van der Waals surface area contributed by atoms with Crippen molar-refractivity contribution < 1.29 is 9.15 Å². The molecule has 0 aliphatic carbocycles. The van der Waals surface area contributed by atoms with E-state index >= 15 is 0 Å². The Balaban J connectivity index is 2.01. The van der Waals surface area contributed by atoms with E-state index in [1.54, 1.807) is 6.26 Å². The molecule has 0 aromatic carbocycles. The van der Waals surface area contributed by atoms with Gasteiger partial charge in [0.2, 0.25) is 0 Å². The fraction of sp³-hybridized carbons (Fsp3) is 0.786. The Morgan fingerprint density at radius 3 is 2.89 bits per heavy atom. The van der Waals surface area contributed by atoms with Crippen molar-refractivity contribution >= 4 is 6.01 Å². The summed E-state index contributed by atoms with van der Waals surface area (Å²) in [5, 5.41) is 3.34. The summed E-state index contributed by atoms with van der Waals surface area (Å²) in [5.41, 5.74) is 0.781. The maximum atomic E-state index is 5.89. The molecule has 1 fully saturated rings. The molecule has 5 nitrogen and oxygen atoms in total. The van der Waals surface area contributed by atoms with Gasteiger partial charge in [-0.2, -0.15) is 4.98 Å². The van der Waals surface area contributed by atoms with Crippen molar-refractivity contribution in [1.29, 1.82) is 0 Å². The fourth-order valence-corrected chi connectivity index (χ4v) is 2.43. The molecule has 2 rings (SSSR count). The van der Waals surface area contributed by atoms with Crippen LogP contribution in [0.5, 0.6) is 0 Å². The van der Waals surface area contributed by atoms with Gasteiger partial charge in [-0.3, -0.25) is 0 Å². The molecule has 108 valence electrons. The summed E-state index contributed by atoms with van der Waals surface area (Å²) < 4.78 is 11.5. The van der Waals surface area contributed by atoms with Gasteiger partial charge in [0.25, 0.3) is 6.01 Å². The monoisotopic (exact) mass is 267 g/mol. The smallest absolute Gasteiger partial charge is 0.297 e. The van der Waals surface area contributed by atoms with Crippen molar-refractivity contribution in [3.05, 3.63) is 12.0 Å². The third-order valence-corrected chi connectivity index (χ3v) is 3.07. The molecule has 0 radical (unpaired) electrons. The van der Waals surface area contributed by atoms with Gasteiger partial charge in [0.15, 0.2) is 0 Å². The van der Waals surface area contributed by atoms with Crippen molar-refractivity contribution in [2.75, 3.05) is 18.0 Å². The largest absolute Gasteiger partial charge is 0.432 e. The number of rotatable bonds is 4. The molecule has 0 spiro atoms. The first-order valence-electron chi connectivity index (χ1n) is 6.96. The summed E-state index contributed by atoms with van der Waals surface area (Å²) in [6, 6.07) is 1.14. The van der Waals surface area contributed by atoms with Crippen LogP contribution >= 0.6 is 0 Å². The number of aromatic nitrogens is 1. The molecule has 0 bridgehead atoms. The van der Waals surface area contributed by atoms with Gasteiger partial charge in [-0.1, -0.05) is 13.8 Å². The van der Waals surface area contributed by atoms with Crippen LogP contribution in [0.2, 0.25) is 0 Å². The highest BCUT2D eigenvalue weighted by molar-refractivity contribution is 5.29. The quantitative estimate of drug-likeness (QED) is 0.906. The summed E-state index contributed by atoms with van der Waals surface area (Å²) in [5.74, 6) is 0. The average Bonchev–Trinajstić information content (AvgIpc) is 2.72. The molecule has 1 aliphatic rings. The van der Waals surface area contributed by atoms with Gasteiger partial charge < -0.3 is 19.4 Å². The number of hydrogen-bond donors (Lipinski definition) is 1. The van der Waals surface area contributed by atoms with Crippen LogP contribution in [0.4, 0.5) is 6.01 Å². The van der Waals surface area contributed by atoms with Gasteiger partial charge in [-0.05, 0) is 20.8 Å². The Hall–Kier alpha value is -1.07. The van der Waals surface area contributed by atoms with Gasteiger partial charge in [0.1, 0.15) is 6.26 Å². The van der Waals surface area contributed by atoms with Crippen molar-refractivity contribution in [2.45, 2.75) is 58.9 Å². The Labute approximate surface area is 115 Å². The van der Waals surface area contributed by atoms with Gasteiger partial charge in [0.05, 0.1) is 23.9 Å². The van der Waals surface area contributed by atoms with E-state index in [4.69, 9.17) is 9.15 Å². The molecular formula is C14H25N3O2. The Morgan fingerprint density at radius 2 is 2.26 bits per heavy atom. The molecule has 19 heavy (non-hydrogen) atoms. The van der Waals surface area contributed by atoms with Crippen molar-refractivity contribution in [3.8, 4) is 0 Å². The molecule has 1 unspecified atom stereocenters. The predicted octanol–water partition coefficient (Wildman–Crippen LogP) is 2.18. The zero-order valence-corrected chi connectivity index (χ0v) is 12.6. The lowest BCUT2D eigenvalue weighted by atomic mass is 10.1. The number of morpholine rings is 1. The highest BCUT2D eigenvalue weighted by Crippen LogP contribution is 2.25. The molecule has 0 amide bonds. The first-order chi connectivity index (χ1) is 8.85. The number of nitrogens with zero attached hydrogens (tertiary/aromatic N) is 2. The molecule has 0 saturated carbocycles. The third-order valence-electron chi connectivity index (χ3n) is 3.07. The number of anilines is 1. The molecule has 1 aromatic heterocycles. The summed E-state index contributed by atoms with van der Waals surface area (Å²) in [6.45, 7) is 12.9. The van der Waals surface area contributed by atoms with Crippen LogP contribution in [-0.2, 0) is 11.3 Å². The Kier molecular flexibility index (Phi) is 4.16. The second-order valence-corrected chi connectivity index (χ2v) is 6.23. The number of hydrogen-bond acceptors (Lipinski definition) is 5. The highest BCUT2D eigenvalue weighted by atomic mass is 16.5. The Morgan fingerprint density at radius 1 is 1.53 bits per heavy atom. The molecule has 1 aliphatic heterocycles. The molecule has 1 atom stereocenters. The first kappa shape index (κ1) is 14.3. The van der Waals surface area contributed by atoms with Gasteiger partial charge in [0, 0.05) is 19.1 Å². The van der Waals surface area contributed by atoms with Gasteiger partial charge >= 0.3 is 0 Å². The second-order valence-electron chi connectivity index (χ2n) is 6.23. The minimum absolute atomic E-state index is 0.164. The summed E-state index contributed by atoms with van der Waals surface area (Å²) in [4.78, 5) is 6.71. The van der Waals surface area contributed by atoms with Crippen LogP contribution < -0.4 is 10.2 Å². The zero-order chi connectivity index (χ0) is 14.0. The lowest BCUT2D eigenvalue weighted by Gasteiger charge is -2.40. The molecule has 1 aromatic rings. The molecule has 1 saturated heterocycles. The number of ether oxygens (including phenoxy) is 1. The second kappa shape index (κ2) is 5.51. The standard InChI is InChI=1S/C14H25N3O2/c1-10(2)15-6-12-8-18-13(16-12)17-7-11(3)19-14(4,5)9-17/h8,10-11,15H,6-7,9H2,1-5H3. The maximum Gasteiger partial charge on any atom is 0.297 e. The van der Waals surface area contributed by atoms with Crippen LogP contribution in [0.25, 0.3) is 0 Å². The van der Waals surface area contributed by atoms with Crippen LogP contribution in [-0.4, -0.2) is 35.8 Å². The van der Waals surface area contributed by atoms with E-state index in [-0.39, 0.29) is 11.7 Å². The zero-order valence-electron chi connectivity index (χ0n) is 12.6. The van der Waals surface area contributed by atoms with Crippen molar-refractivity contribution in [3.63, 3.8) is 0 Å². The number of nitrogens with one attached hydrogen (secondary N) is 1. The van der Waals surface area contributed by atoms with Crippen LogP contribution in [0.15, 0.2) is 10.7 Å². The number of oxazole rings is 1. The lowest BCUT2D eigenvalue weighted by Crippen LogP contribution is -2.52. The van der Waals surface area contributed by atoms with E-state index in [2.05, 4.69) is 49.8 Å². The van der Waals surface area contributed by atoms with Crippen molar-refractivity contribution in [1.82, 2.24) is 10.3 Å². The van der Waals surface area contributed by atoms with E-state index < -0.39 is 0 Å². The molecule has 2 heterocycles. The topological polar surface area (TPSA) is 50.5 Å². The maximum absolute atomic E-state index is 5.89. The predicted molar refractivity (Wildman–Crippen MR) is 75.3 cm³/mol. The normalized spacial score (nSPS) is 23.1. The van der Waals surface area contributed by atoms with Crippen LogP contribution in [0, 0.1) is 0 Å². The third kappa shape index (κ3) is 3.94. The molecule has 5 heteroatoms. The van der Waals surface area contributed by atoms with E-state index in [1.807, 2.05) is 0 Å². The summed E-state index contributed by atoms with van der Waals surface area (Å²) in [6.07, 6.45) is 1.92. The minimum Gasteiger partial charge on any atom is -0.432 e.